The zero-order valence-corrected chi connectivity index (χ0v) is 9.74. The average Bonchev–Trinajstić information content (AvgIpc) is 1.99. The minimum absolute atomic E-state index is 0.141. The van der Waals surface area contributed by atoms with Crippen LogP contribution in [-0.4, -0.2) is 8.07 Å². The van der Waals surface area contributed by atoms with Crippen LogP contribution >= 0.6 is 0 Å². The molecule has 1 aromatic rings. The van der Waals surface area contributed by atoms with Gasteiger partial charge in [-0.1, -0.05) is 25.7 Å². The van der Waals surface area contributed by atoms with E-state index in [0.29, 0.717) is 0 Å². The van der Waals surface area contributed by atoms with Crippen LogP contribution in [0.3, 0.4) is 0 Å². The summed E-state index contributed by atoms with van der Waals surface area (Å²) in [5, 5.41) is -0.141. The van der Waals surface area contributed by atoms with E-state index in [4.69, 9.17) is 0 Å². The summed E-state index contributed by atoms with van der Waals surface area (Å²) in [6.45, 7) is 5.09. The second-order valence-electron chi connectivity index (χ2n) is 4.41. The maximum atomic E-state index is 13.4. The molecule has 0 aromatic heterocycles. The highest BCUT2D eigenvalue weighted by Gasteiger charge is 2.38. The predicted octanol–water partition coefficient (Wildman–Crippen LogP) is 3.39. The number of rotatable bonds is 1. The summed E-state index contributed by atoms with van der Waals surface area (Å²) >= 11 is 0. The van der Waals surface area contributed by atoms with Crippen molar-refractivity contribution < 1.29 is 17.6 Å². The molecule has 0 unspecified atom stereocenters. The van der Waals surface area contributed by atoms with Crippen LogP contribution in [0, 0.1) is 5.82 Å². The summed E-state index contributed by atoms with van der Waals surface area (Å²) in [5.41, 5.74) is -0.832. The van der Waals surface area contributed by atoms with Gasteiger partial charge in [0.25, 0.3) is 0 Å². The molecule has 0 spiro atoms. The molecule has 1 aromatic carbocycles. The van der Waals surface area contributed by atoms with Crippen molar-refractivity contribution in [1.82, 2.24) is 0 Å². The molecule has 0 N–H and O–H groups in total. The second-order valence-corrected chi connectivity index (χ2v) is 9.41. The Morgan fingerprint density at radius 3 is 1.93 bits per heavy atom. The van der Waals surface area contributed by atoms with Crippen LogP contribution in [0.4, 0.5) is 17.6 Å². The second kappa shape index (κ2) is 3.63. The zero-order chi connectivity index (χ0) is 11.9. The first-order valence-corrected chi connectivity index (χ1v) is 8.00. The van der Waals surface area contributed by atoms with Gasteiger partial charge < -0.3 is 0 Å². The van der Waals surface area contributed by atoms with Crippen molar-refractivity contribution in [1.29, 1.82) is 0 Å². The Labute approximate surface area is 86.9 Å². The van der Waals surface area contributed by atoms with Crippen LogP contribution in [-0.2, 0) is 6.18 Å². The normalized spacial score (nSPS) is 13.0. The van der Waals surface area contributed by atoms with E-state index in [2.05, 4.69) is 0 Å². The smallest absolute Gasteiger partial charge is 0.207 e. The molecule has 0 saturated heterocycles. The Hall–Kier alpha value is -0.843. The van der Waals surface area contributed by atoms with Gasteiger partial charge in [-0.15, -0.1) is 0 Å². The molecule has 1 rings (SSSR count). The van der Waals surface area contributed by atoms with Crippen molar-refractivity contribution in [2.45, 2.75) is 25.8 Å². The van der Waals surface area contributed by atoms with Gasteiger partial charge in [-0.2, -0.15) is 13.2 Å². The minimum atomic E-state index is -4.47. The Bertz CT molecular complexity index is 363. The van der Waals surface area contributed by atoms with Crippen molar-refractivity contribution in [2.24, 2.45) is 0 Å². The fraction of sp³-hybridized carbons (Fsp3) is 0.400. The Morgan fingerprint density at radius 2 is 1.60 bits per heavy atom. The van der Waals surface area contributed by atoms with Crippen LogP contribution in [0.25, 0.3) is 0 Å². The molecule has 0 nitrogen and oxygen atoms in total. The van der Waals surface area contributed by atoms with Crippen LogP contribution < -0.4 is 5.19 Å². The molecule has 0 aliphatic rings. The number of alkyl halides is 3. The molecule has 0 atom stereocenters. The number of hydrogen-bond donors (Lipinski definition) is 0. The third kappa shape index (κ3) is 2.59. The first kappa shape index (κ1) is 12.2. The Morgan fingerprint density at radius 1 is 1.07 bits per heavy atom. The lowest BCUT2D eigenvalue weighted by Gasteiger charge is -2.22. The molecular formula is C10H12F4Si. The minimum Gasteiger partial charge on any atom is -0.207 e. The molecule has 0 heterocycles. The number of hydrogen-bond acceptors (Lipinski definition) is 0. The van der Waals surface area contributed by atoms with Crippen molar-refractivity contribution in [3.05, 3.63) is 29.6 Å². The summed E-state index contributed by atoms with van der Waals surface area (Å²) in [4.78, 5) is 0. The van der Waals surface area contributed by atoms with Crippen molar-refractivity contribution in [3.8, 4) is 0 Å². The van der Waals surface area contributed by atoms with Gasteiger partial charge in [0, 0.05) is 0 Å². The summed E-state index contributed by atoms with van der Waals surface area (Å²) in [7, 11) is -2.33. The maximum Gasteiger partial charge on any atom is 0.416 e. The molecule has 0 aliphatic heterocycles. The summed E-state index contributed by atoms with van der Waals surface area (Å²) in [6.07, 6.45) is -4.47. The number of benzene rings is 1. The molecule has 0 fully saturated rings. The van der Waals surface area contributed by atoms with Crippen LogP contribution in [0.15, 0.2) is 18.2 Å². The molecule has 0 bridgehead atoms. The summed E-state index contributed by atoms with van der Waals surface area (Å²) in [5.74, 6) is -0.746. The van der Waals surface area contributed by atoms with Crippen molar-refractivity contribution >= 4 is 13.3 Å². The Balaban J connectivity index is 3.48. The van der Waals surface area contributed by atoms with Crippen molar-refractivity contribution in [2.75, 3.05) is 0 Å². The van der Waals surface area contributed by atoms with Crippen LogP contribution in [0.1, 0.15) is 5.56 Å². The average molecular weight is 236 g/mol. The standard InChI is InChI=1S/C10H12F4Si/c1-15(2,3)9-7(10(12,13)14)5-4-6-8(9)11/h4-6H,1-3H3. The van der Waals surface area contributed by atoms with Gasteiger partial charge >= 0.3 is 6.18 Å². The summed E-state index contributed by atoms with van der Waals surface area (Å²) in [6, 6.07) is 3.13. The quantitative estimate of drug-likeness (QED) is 0.518. The maximum absolute atomic E-state index is 13.4. The summed E-state index contributed by atoms with van der Waals surface area (Å²) < 4.78 is 51.3. The highest BCUT2D eigenvalue weighted by atomic mass is 28.3. The monoisotopic (exact) mass is 236 g/mol. The third-order valence-corrected chi connectivity index (χ3v) is 4.08. The van der Waals surface area contributed by atoms with E-state index in [1.54, 1.807) is 19.6 Å². The van der Waals surface area contributed by atoms with Crippen LogP contribution in [0.2, 0.25) is 19.6 Å². The van der Waals surface area contributed by atoms with Gasteiger partial charge in [-0.05, 0) is 17.3 Å². The predicted molar refractivity (Wildman–Crippen MR) is 54.4 cm³/mol. The molecule has 15 heavy (non-hydrogen) atoms. The molecule has 0 amide bonds. The van der Waals surface area contributed by atoms with E-state index in [1.807, 2.05) is 0 Å². The van der Waals surface area contributed by atoms with Gasteiger partial charge in [0.2, 0.25) is 0 Å². The largest absolute Gasteiger partial charge is 0.416 e. The SMILES string of the molecule is C[Si](C)(C)c1c(F)cccc1C(F)(F)F. The van der Waals surface area contributed by atoms with Gasteiger partial charge in [0.1, 0.15) is 5.82 Å². The van der Waals surface area contributed by atoms with E-state index in [-0.39, 0.29) is 5.19 Å². The van der Waals surface area contributed by atoms with E-state index in [9.17, 15) is 17.6 Å². The van der Waals surface area contributed by atoms with E-state index < -0.39 is 25.6 Å². The molecule has 0 radical (unpaired) electrons. The van der Waals surface area contributed by atoms with Crippen LogP contribution in [0.5, 0.6) is 0 Å². The molecule has 0 aliphatic carbocycles. The number of halogens is 4. The Kier molecular flexibility index (Phi) is 2.96. The van der Waals surface area contributed by atoms with E-state index >= 15 is 0 Å². The lowest BCUT2D eigenvalue weighted by atomic mass is 10.2. The van der Waals surface area contributed by atoms with Gasteiger partial charge in [-0.3, -0.25) is 0 Å². The highest BCUT2D eigenvalue weighted by molar-refractivity contribution is 6.89. The lowest BCUT2D eigenvalue weighted by Crippen LogP contribution is -2.44. The van der Waals surface area contributed by atoms with Crippen molar-refractivity contribution in [3.63, 3.8) is 0 Å². The molecule has 84 valence electrons. The van der Waals surface area contributed by atoms with E-state index in [0.717, 1.165) is 18.2 Å². The van der Waals surface area contributed by atoms with Gasteiger partial charge in [-0.25, -0.2) is 4.39 Å². The van der Waals surface area contributed by atoms with E-state index in [1.165, 1.54) is 0 Å². The molecule has 0 saturated carbocycles. The fourth-order valence-corrected chi connectivity index (χ4v) is 3.36. The first-order chi connectivity index (χ1) is 6.64. The molecule has 5 heteroatoms. The topological polar surface area (TPSA) is 0 Å². The van der Waals surface area contributed by atoms with Gasteiger partial charge in [0.05, 0.1) is 13.6 Å². The third-order valence-electron chi connectivity index (χ3n) is 2.07. The first-order valence-electron chi connectivity index (χ1n) is 4.50. The highest BCUT2D eigenvalue weighted by Crippen LogP contribution is 2.29. The fourth-order valence-electron chi connectivity index (χ4n) is 1.52. The zero-order valence-electron chi connectivity index (χ0n) is 8.74. The van der Waals surface area contributed by atoms with Gasteiger partial charge in [0.15, 0.2) is 0 Å². The lowest BCUT2D eigenvalue weighted by molar-refractivity contribution is -0.136. The molecular weight excluding hydrogens is 224 g/mol.